The summed E-state index contributed by atoms with van der Waals surface area (Å²) in [5, 5.41) is 15.5. The minimum atomic E-state index is -0.524. The SMILES string of the molecule is Cc1ccc(C(=O)NCC(=O)N2CCc3sccc3C2)cc1[N+](=O)[O-]. The van der Waals surface area contributed by atoms with Crippen molar-refractivity contribution in [1.29, 1.82) is 0 Å². The van der Waals surface area contributed by atoms with Gasteiger partial charge in [-0.3, -0.25) is 19.7 Å². The monoisotopic (exact) mass is 359 g/mol. The first kappa shape index (κ1) is 17.1. The van der Waals surface area contributed by atoms with Crippen molar-refractivity contribution in [3.05, 3.63) is 61.3 Å². The second-order valence-electron chi connectivity index (χ2n) is 5.88. The number of nitrogens with zero attached hydrogens (tertiary/aromatic N) is 2. The van der Waals surface area contributed by atoms with Crippen LogP contribution in [0.1, 0.15) is 26.4 Å². The van der Waals surface area contributed by atoms with Gasteiger partial charge in [0.15, 0.2) is 0 Å². The fraction of sp³-hybridized carbons (Fsp3) is 0.294. The van der Waals surface area contributed by atoms with Crippen LogP contribution < -0.4 is 5.32 Å². The number of hydrogen-bond donors (Lipinski definition) is 1. The number of thiophene rings is 1. The third-order valence-electron chi connectivity index (χ3n) is 4.23. The van der Waals surface area contributed by atoms with E-state index in [0.717, 1.165) is 12.0 Å². The molecule has 0 atom stereocenters. The van der Waals surface area contributed by atoms with Crippen LogP contribution in [0.2, 0.25) is 0 Å². The molecule has 0 saturated heterocycles. The molecule has 0 saturated carbocycles. The summed E-state index contributed by atoms with van der Waals surface area (Å²) in [5.74, 6) is -0.656. The molecule has 0 unspecified atom stereocenters. The number of carbonyl (C=O) groups is 2. The molecule has 130 valence electrons. The van der Waals surface area contributed by atoms with E-state index >= 15 is 0 Å². The van der Waals surface area contributed by atoms with E-state index < -0.39 is 10.8 Å². The van der Waals surface area contributed by atoms with E-state index in [1.54, 1.807) is 23.2 Å². The van der Waals surface area contributed by atoms with Gasteiger partial charge in [-0.05, 0) is 36.4 Å². The van der Waals surface area contributed by atoms with Gasteiger partial charge in [0.05, 0.1) is 11.5 Å². The molecule has 8 heteroatoms. The summed E-state index contributed by atoms with van der Waals surface area (Å²) in [6.45, 7) is 2.68. The molecule has 0 radical (unpaired) electrons. The molecule has 2 heterocycles. The van der Waals surface area contributed by atoms with Crippen LogP contribution in [0.15, 0.2) is 29.6 Å². The van der Waals surface area contributed by atoms with Crippen molar-refractivity contribution in [3.8, 4) is 0 Å². The van der Waals surface area contributed by atoms with Crippen molar-refractivity contribution in [2.45, 2.75) is 19.9 Å². The predicted octanol–water partition coefficient (Wildman–Crippen LogP) is 2.28. The standard InChI is InChI=1S/C17H17N3O4S/c1-11-2-3-12(8-14(11)20(23)24)17(22)18-9-16(21)19-6-4-15-13(10-19)5-7-25-15/h2-3,5,7-8H,4,6,9-10H2,1H3,(H,18,22). The van der Waals surface area contributed by atoms with Crippen molar-refractivity contribution in [2.75, 3.05) is 13.1 Å². The summed E-state index contributed by atoms with van der Waals surface area (Å²) in [6.07, 6.45) is 0.830. The average molecular weight is 359 g/mol. The average Bonchev–Trinajstić information content (AvgIpc) is 3.07. The second kappa shape index (κ2) is 7.02. The van der Waals surface area contributed by atoms with Crippen molar-refractivity contribution in [1.82, 2.24) is 10.2 Å². The normalized spacial score (nSPS) is 13.2. The van der Waals surface area contributed by atoms with Crippen LogP contribution >= 0.6 is 11.3 Å². The van der Waals surface area contributed by atoms with Gasteiger partial charge < -0.3 is 10.2 Å². The summed E-state index contributed by atoms with van der Waals surface area (Å²) in [6, 6.07) is 6.29. The van der Waals surface area contributed by atoms with Crippen molar-refractivity contribution >= 4 is 28.8 Å². The molecule has 2 amide bonds. The van der Waals surface area contributed by atoms with Gasteiger partial charge in [-0.15, -0.1) is 11.3 Å². The predicted molar refractivity (Wildman–Crippen MR) is 93.6 cm³/mol. The summed E-state index contributed by atoms with van der Waals surface area (Å²) < 4.78 is 0. The first-order valence-corrected chi connectivity index (χ1v) is 8.70. The van der Waals surface area contributed by atoms with Crippen LogP contribution in [-0.4, -0.2) is 34.7 Å². The Kier molecular flexibility index (Phi) is 4.80. The molecule has 7 nitrogen and oxygen atoms in total. The lowest BCUT2D eigenvalue weighted by Crippen LogP contribution is -2.42. The van der Waals surface area contributed by atoms with E-state index in [1.165, 1.54) is 23.1 Å². The molecular formula is C17H17N3O4S. The van der Waals surface area contributed by atoms with Crippen LogP contribution in [0.3, 0.4) is 0 Å². The molecule has 0 spiro atoms. The zero-order chi connectivity index (χ0) is 18.0. The maximum Gasteiger partial charge on any atom is 0.273 e. The van der Waals surface area contributed by atoms with E-state index in [1.807, 2.05) is 11.4 Å². The smallest absolute Gasteiger partial charge is 0.273 e. The highest BCUT2D eigenvalue weighted by Crippen LogP contribution is 2.24. The molecule has 2 aromatic rings. The Bertz CT molecular complexity index is 846. The summed E-state index contributed by atoms with van der Waals surface area (Å²) >= 11 is 1.70. The number of benzene rings is 1. The summed E-state index contributed by atoms with van der Waals surface area (Å²) in [4.78, 5) is 37.9. The molecule has 0 fully saturated rings. The Morgan fingerprint density at radius 1 is 1.36 bits per heavy atom. The van der Waals surface area contributed by atoms with Crippen LogP contribution in [0.5, 0.6) is 0 Å². The van der Waals surface area contributed by atoms with Gasteiger partial charge in [0.2, 0.25) is 5.91 Å². The van der Waals surface area contributed by atoms with Gasteiger partial charge in [0.1, 0.15) is 0 Å². The lowest BCUT2D eigenvalue weighted by Gasteiger charge is -2.27. The van der Waals surface area contributed by atoms with Gasteiger partial charge in [-0.2, -0.15) is 0 Å². The van der Waals surface area contributed by atoms with Crippen LogP contribution in [0.25, 0.3) is 0 Å². The third-order valence-corrected chi connectivity index (χ3v) is 5.25. The molecular weight excluding hydrogens is 342 g/mol. The lowest BCUT2D eigenvalue weighted by atomic mass is 10.1. The first-order valence-electron chi connectivity index (χ1n) is 7.82. The second-order valence-corrected chi connectivity index (χ2v) is 6.88. The zero-order valence-corrected chi connectivity index (χ0v) is 14.5. The van der Waals surface area contributed by atoms with Gasteiger partial charge >= 0.3 is 0 Å². The highest BCUT2D eigenvalue weighted by atomic mass is 32.1. The molecule has 1 aromatic heterocycles. The number of nitrogens with one attached hydrogen (secondary N) is 1. The Morgan fingerprint density at radius 2 is 2.16 bits per heavy atom. The number of carbonyl (C=O) groups excluding carboxylic acids is 2. The summed E-state index contributed by atoms with van der Waals surface area (Å²) in [7, 11) is 0. The molecule has 1 aromatic carbocycles. The topological polar surface area (TPSA) is 92.6 Å². The molecule has 1 aliphatic rings. The Morgan fingerprint density at radius 3 is 2.92 bits per heavy atom. The maximum atomic E-state index is 12.3. The zero-order valence-electron chi connectivity index (χ0n) is 13.7. The number of amides is 2. The first-order chi connectivity index (χ1) is 12.0. The number of fused-ring (bicyclic) bond motifs is 1. The van der Waals surface area contributed by atoms with E-state index in [4.69, 9.17) is 0 Å². The molecule has 1 aliphatic heterocycles. The number of rotatable bonds is 4. The van der Waals surface area contributed by atoms with Crippen LogP contribution in [-0.2, 0) is 17.8 Å². The van der Waals surface area contributed by atoms with E-state index in [0.29, 0.717) is 18.7 Å². The van der Waals surface area contributed by atoms with Crippen molar-refractivity contribution in [3.63, 3.8) is 0 Å². The Hall–Kier alpha value is -2.74. The lowest BCUT2D eigenvalue weighted by molar-refractivity contribution is -0.385. The van der Waals surface area contributed by atoms with E-state index in [2.05, 4.69) is 5.32 Å². The van der Waals surface area contributed by atoms with Crippen LogP contribution in [0.4, 0.5) is 5.69 Å². The highest BCUT2D eigenvalue weighted by molar-refractivity contribution is 7.10. The summed E-state index contributed by atoms with van der Waals surface area (Å²) in [5.41, 5.74) is 1.70. The van der Waals surface area contributed by atoms with Gasteiger partial charge in [-0.25, -0.2) is 0 Å². The highest BCUT2D eigenvalue weighted by Gasteiger charge is 2.22. The third kappa shape index (κ3) is 3.69. The molecule has 25 heavy (non-hydrogen) atoms. The van der Waals surface area contributed by atoms with Crippen LogP contribution in [0, 0.1) is 17.0 Å². The minimum absolute atomic E-state index is 0.111. The largest absolute Gasteiger partial charge is 0.343 e. The number of nitro benzene ring substituents is 1. The minimum Gasteiger partial charge on any atom is -0.343 e. The molecule has 0 bridgehead atoms. The Balaban J connectivity index is 1.60. The quantitative estimate of drug-likeness (QED) is 0.669. The fourth-order valence-corrected chi connectivity index (χ4v) is 3.67. The molecule has 1 N–H and O–H groups in total. The molecule has 0 aliphatic carbocycles. The van der Waals surface area contributed by atoms with Crippen molar-refractivity contribution < 1.29 is 14.5 Å². The molecule has 3 rings (SSSR count). The van der Waals surface area contributed by atoms with Gasteiger partial charge in [0, 0.05) is 35.2 Å². The number of aryl methyl sites for hydroxylation is 1. The number of nitro groups is 1. The van der Waals surface area contributed by atoms with E-state index in [-0.39, 0.29) is 23.7 Å². The fourth-order valence-electron chi connectivity index (χ4n) is 2.78. The number of hydrogen-bond acceptors (Lipinski definition) is 5. The van der Waals surface area contributed by atoms with Gasteiger partial charge in [0.25, 0.3) is 11.6 Å². The van der Waals surface area contributed by atoms with Crippen molar-refractivity contribution in [2.24, 2.45) is 0 Å². The van der Waals surface area contributed by atoms with Gasteiger partial charge in [-0.1, -0.05) is 6.07 Å². The Labute approximate surface area is 148 Å². The van der Waals surface area contributed by atoms with E-state index in [9.17, 15) is 19.7 Å². The maximum absolute atomic E-state index is 12.3.